The van der Waals surface area contributed by atoms with Gasteiger partial charge in [0.25, 0.3) is 0 Å². The van der Waals surface area contributed by atoms with Crippen molar-refractivity contribution in [3.05, 3.63) is 24.3 Å². The highest BCUT2D eigenvalue weighted by Crippen LogP contribution is 2.25. The molecule has 0 radical (unpaired) electrons. The van der Waals surface area contributed by atoms with Crippen molar-refractivity contribution in [3.8, 4) is 5.75 Å². The van der Waals surface area contributed by atoms with Crippen molar-refractivity contribution in [2.45, 2.75) is 23.8 Å². The number of carbonyl (C=O) groups is 2. The molecule has 1 N–H and O–H groups in total. The molecule has 0 aliphatic carbocycles. The van der Waals surface area contributed by atoms with E-state index in [0.29, 0.717) is 13.0 Å². The molecule has 1 amide bonds. The summed E-state index contributed by atoms with van der Waals surface area (Å²) in [6, 6.07) is 6.80. The van der Waals surface area contributed by atoms with Crippen LogP contribution in [-0.2, 0) is 9.59 Å². The molecule has 0 spiro atoms. The smallest absolute Gasteiger partial charge is 0.326 e. The highest BCUT2D eigenvalue weighted by atomic mass is 32.2. The minimum absolute atomic E-state index is 0.122. The SMILES string of the molecule is COc1cccc(SCC(=O)N2CCC[C@@H]2C(=O)O)c1. The van der Waals surface area contributed by atoms with Gasteiger partial charge in [-0.2, -0.15) is 0 Å². The first kappa shape index (κ1) is 14.7. The van der Waals surface area contributed by atoms with Gasteiger partial charge in [0.05, 0.1) is 12.9 Å². The Kier molecular flexibility index (Phi) is 4.89. The fourth-order valence-electron chi connectivity index (χ4n) is 2.24. The van der Waals surface area contributed by atoms with Gasteiger partial charge in [-0.25, -0.2) is 4.79 Å². The molecule has 0 saturated carbocycles. The van der Waals surface area contributed by atoms with E-state index in [0.717, 1.165) is 17.1 Å². The van der Waals surface area contributed by atoms with Crippen LogP contribution in [0.5, 0.6) is 5.75 Å². The van der Waals surface area contributed by atoms with Crippen molar-refractivity contribution < 1.29 is 19.4 Å². The van der Waals surface area contributed by atoms with Gasteiger partial charge in [0, 0.05) is 11.4 Å². The number of carbonyl (C=O) groups excluding carboxylic acids is 1. The zero-order valence-electron chi connectivity index (χ0n) is 11.2. The van der Waals surface area contributed by atoms with E-state index in [1.165, 1.54) is 16.7 Å². The van der Waals surface area contributed by atoms with Crippen molar-refractivity contribution in [2.75, 3.05) is 19.4 Å². The number of benzene rings is 1. The summed E-state index contributed by atoms with van der Waals surface area (Å²) in [4.78, 5) is 25.6. The Morgan fingerprint density at radius 2 is 2.30 bits per heavy atom. The Labute approximate surface area is 121 Å². The van der Waals surface area contributed by atoms with Gasteiger partial charge in [-0.1, -0.05) is 6.07 Å². The molecular weight excluding hydrogens is 278 g/mol. The molecule has 1 aliphatic heterocycles. The van der Waals surface area contributed by atoms with Gasteiger partial charge in [0.2, 0.25) is 5.91 Å². The van der Waals surface area contributed by atoms with Gasteiger partial charge < -0.3 is 14.7 Å². The molecule has 5 nitrogen and oxygen atoms in total. The normalized spacial score (nSPS) is 18.1. The molecule has 20 heavy (non-hydrogen) atoms. The summed E-state index contributed by atoms with van der Waals surface area (Å²) in [5.74, 6) is -0.0475. The summed E-state index contributed by atoms with van der Waals surface area (Å²) in [5.41, 5.74) is 0. The molecule has 0 unspecified atom stereocenters. The number of rotatable bonds is 5. The minimum Gasteiger partial charge on any atom is -0.497 e. The molecule has 1 atom stereocenters. The average molecular weight is 295 g/mol. The number of carboxylic acid groups (broad SMARTS) is 1. The number of hydrogen-bond acceptors (Lipinski definition) is 4. The third-order valence-electron chi connectivity index (χ3n) is 3.26. The Bertz CT molecular complexity index is 506. The molecule has 0 aromatic heterocycles. The predicted molar refractivity (Wildman–Crippen MR) is 76.1 cm³/mol. The number of ether oxygens (including phenoxy) is 1. The van der Waals surface area contributed by atoms with Gasteiger partial charge >= 0.3 is 5.97 Å². The van der Waals surface area contributed by atoms with E-state index < -0.39 is 12.0 Å². The van der Waals surface area contributed by atoms with Crippen LogP contribution >= 0.6 is 11.8 Å². The van der Waals surface area contributed by atoms with Crippen LogP contribution in [0.4, 0.5) is 0 Å². The van der Waals surface area contributed by atoms with E-state index in [9.17, 15) is 9.59 Å². The van der Waals surface area contributed by atoms with Crippen LogP contribution in [0.1, 0.15) is 12.8 Å². The number of hydrogen-bond donors (Lipinski definition) is 1. The topological polar surface area (TPSA) is 66.8 Å². The lowest BCUT2D eigenvalue weighted by atomic mass is 10.2. The molecule has 1 aromatic carbocycles. The van der Waals surface area contributed by atoms with Crippen LogP contribution in [0, 0.1) is 0 Å². The number of methoxy groups -OCH3 is 1. The lowest BCUT2D eigenvalue weighted by Crippen LogP contribution is -2.41. The van der Waals surface area contributed by atoms with Gasteiger partial charge in [0.15, 0.2) is 0 Å². The zero-order valence-corrected chi connectivity index (χ0v) is 12.1. The van der Waals surface area contributed by atoms with Gasteiger partial charge in [-0.3, -0.25) is 4.79 Å². The fraction of sp³-hybridized carbons (Fsp3) is 0.429. The molecule has 1 saturated heterocycles. The number of thioether (sulfide) groups is 1. The van der Waals surface area contributed by atoms with Crippen molar-refractivity contribution in [1.29, 1.82) is 0 Å². The van der Waals surface area contributed by atoms with Gasteiger partial charge in [-0.05, 0) is 31.0 Å². The first-order valence-corrected chi connectivity index (χ1v) is 7.39. The minimum atomic E-state index is -0.915. The Morgan fingerprint density at radius 3 is 3.00 bits per heavy atom. The summed E-state index contributed by atoms with van der Waals surface area (Å²) < 4.78 is 5.12. The molecule has 1 heterocycles. The predicted octanol–water partition coefficient (Wildman–Crippen LogP) is 1.86. The first-order valence-electron chi connectivity index (χ1n) is 6.41. The maximum atomic E-state index is 12.1. The van der Waals surface area contributed by atoms with E-state index in [1.54, 1.807) is 7.11 Å². The second kappa shape index (κ2) is 6.65. The lowest BCUT2D eigenvalue weighted by Gasteiger charge is -2.21. The molecule has 2 rings (SSSR count). The first-order chi connectivity index (χ1) is 9.61. The van der Waals surface area contributed by atoms with Crippen LogP contribution in [0.25, 0.3) is 0 Å². The second-order valence-corrected chi connectivity index (χ2v) is 5.60. The van der Waals surface area contributed by atoms with Crippen LogP contribution < -0.4 is 4.74 Å². The van der Waals surface area contributed by atoms with Crippen molar-refractivity contribution in [1.82, 2.24) is 4.90 Å². The summed E-state index contributed by atoms with van der Waals surface area (Å²) in [7, 11) is 1.59. The Hall–Kier alpha value is -1.69. The van der Waals surface area contributed by atoms with Gasteiger partial charge in [0.1, 0.15) is 11.8 Å². The van der Waals surface area contributed by atoms with E-state index in [-0.39, 0.29) is 11.7 Å². The maximum Gasteiger partial charge on any atom is 0.326 e. The molecule has 6 heteroatoms. The standard InChI is InChI=1S/C14H17NO4S/c1-19-10-4-2-5-11(8-10)20-9-13(16)15-7-3-6-12(15)14(17)18/h2,4-5,8,12H,3,6-7,9H2,1H3,(H,17,18)/t12-/m1/s1. The summed E-state index contributed by atoms with van der Waals surface area (Å²) >= 11 is 1.39. The maximum absolute atomic E-state index is 12.1. The number of nitrogens with zero attached hydrogens (tertiary/aromatic N) is 1. The van der Waals surface area contributed by atoms with Crippen LogP contribution in [-0.4, -0.2) is 47.3 Å². The number of amides is 1. The third-order valence-corrected chi connectivity index (χ3v) is 4.24. The third kappa shape index (κ3) is 3.45. The Balaban J connectivity index is 1.93. The zero-order chi connectivity index (χ0) is 14.5. The fourth-order valence-corrected chi connectivity index (χ4v) is 3.07. The quantitative estimate of drug-likeness (QED) is 0.840. The van der Waals surface area contributed by atoms with Crippen molar-refractivity contribution in [3.63, 3.8) is 0 Å². The highest BCUT2D eigenvalue weighted by Gasteiger charge is 2.33. The van der Waals surface area contributed by atoms with Crippen LogP contribution in [0.15, 0.2) is 29.2 Å². The largest absolute Gasteiger partial charge is 0.497 e. The van der Waals surface area contributed by atoms with Crippen LogP contribution in [0.2, 0.25) is 0 Å². The monoisotopic (exact) mass is 295 g/mol. The molecule has 1 aliphatic rings. The molecule has 1 aromatic rings. The molecule has 108 valence electrons. The molecule has 1 fully saturated rings. The summed E-state index contributed by atoms with van der Waals surface area (Å²) in [6.45, 7) is 0.536. The van der Waals surface area contributed by atoms with E-state index in [1.807, 2.05) is 24.3 Å². The lowest BCUT2D eigenvalue weighted by molar-refractivity contribution is -0.147. The molecular formula is C14H17NO4S. The van der Waals surface area contributed by atoms with Crippen molar-refractivity contribution >= 4 is 23.6 Å². The number of carboxylic acids is 1. The Morgan fingerprint density at radius 1 is 1.50 bits per heavy atom. The number of likely N-dealkylation sites (tertiary alicyclic amines) is 1. The van der Waals surface area contributed by atoms with Gasteiger partial charge in [-0.15, -0.1) is 11.8 Å². The summed E-state index contributed by atoms with van der Waals surface area (Å²) in [5, 5.41) is 9.07. The van der Waals surface area contributed by atoms with E-state index in [4.69, 9.17) is 9.84 Å². The highest BCUT2D eigenvalue weighted by molar-refractivity contribution is 8.00. The molecule has 0 bridgehead atoms. The van der Waals surface area contributed by atoms with Crippen molar-refractivity contribution in [2.24, 2.45) is 0 Å². The number of aliphatic carboxylic acids is 1. The van der Waals surface area contributed by atoms with E-state index in [2.05, 4.69) is 0 Å². The van der Waals surface area contributed by atoms with E-state index >= 15 is 0 Å². The second-order valence-electron chi connectivity index (χ2n) is 4.55. The summed E-state index contributed by atoms with van der Waals surface area (Å²) in [6.07, 6.45) is 1.30. The van der Waals surface area contributed by atoms with Crippen LogP contribution in [0.3, 0.4) is 0 Å². The average Bonchev–Trinajstić information content (AvgIpc) is 2.94.